The van der Waals surface area contributed by atoms with E-state index in [1.165, 1.54) is 0 Å². The minimum absolute atomic E-state index is 0.628. The Labute approximate surface area is 105 Å². The molecule has 0 aliphatic carbocycles. The Morgan fingerprint density at radius 2 is 2.12 bits per heavy atom. The first-order chi connectivity index (χ1) is 7.42. The van der Waals surface area contributed by atoms with Crippen LogP contribution in [-0.4, -0.2) is 24.4 Å². The van der Waals surface area contributed by atoms with Gasteiger partial charge in [-0.15, -0.1) is 0 Å². The third-order valence-corrected chi connectivity index (χ3v) is 2.84. The maximum atomic E-state index is 9.56. The molecule has 0 aliphatic heterocycles. The first kappa shape index (κ1) is 13.3. The molecule has 16 heavy (non-hydrogen) atoms. The highest BCUT2D eigenvalue weighted by Crippen LogP contribution is 2.27. The van der Waals surface area contributed by atoms with Crippen molar-refractivity contribution in [1.29, 1.82) is 0 Å². The number of ether oxygens (including phenoxy) is 1. The third kappa shape index (κ3) is 4.41. The van der Waals surface area contributed by atoms with Gasteiger partial charge in [0.2, 0.25) is 0 Å². The number of nitrogens with one attached hydrogen (secondary N) is 1. The molecule has 3 nitrogen and oxygen atoms in total. The van der Waals surface area contributed by atoms with Gasteiger partial charge in [0.15, 0.2) is 0 Å². The van der Waals surface area contributed by atoms with Crippen LogP contribution in [0.3, 0.4) is 0 Å². The fourth-order valence-electron chi connectivity index (χ4n) is 1.29. The van der Waals surface area contributed by atoms with E-state index in [1.54, 1.807) is 21.0 Å². The zero-order valence-electron chi connectivity index (χ0n) is 9.88. The van der Waals surface area contributed by atoms with Crippen LogP contribution in [0.25, 0.3) is 0 Å². The minimum atomic E-state index is -0.628. The van der Waals surface area contributed by atoms with Crippen molar-refractivity contribution >= 4 is 21.6 Å². The Morgan fingerprint density at radius 3 is 2.62 bits per heavy atom. The van der Waals surface area contributed by atoms with Crippen molar-refractivity contribution < 1.29 is 9.84 Å². The standard InChI is InChI=1S/C12H18BrNO2/c1-12(2,15)6-7-14-9-4-5-11(16-3)10(13)8-9/h4-5,8,14-15H,6-7H2,1-3H3. The summed E-state index contributed by atoms with van der Waals surface area (Å²) in [6.07, 6.45) is 0.705. The lowest BCUT2D eigenvalue weighted by atomic mass is 10.1. The summed E-state index contributed by atoms with van der Waals surface area (Å²) in [6.45, 7) is 4.35. The second-order valence-electron chi connectivity index (χ2n) is 4.34. The molecular weight excluding hydrogens is 270 g/mol. The average Bonchev–Trinajstić information content (AvgIpc) is 2.16. The van der Waals surface area contributed by atoms with Crippen LogP contribution in [0.15, 0.2) is 22.7 Å². The molecule has 0 saturated carbocycles. The van der Waals surface area contributed by atoms with E-state index in [9.17, 15) is 5.11 Å². The molecule has 90 valence electrons. The molecule has 0 radical (unpaired) electrons. The Bertz CT molecular complexity index is 347. The molecule has 0 atom stereocenters. The molecule has 1 rings (SSSR count). The quantitative estimate of drug-likeness (QED) is 0.875. The molecule has 0 aromatic heterocycles. The molecule has 0 bridgehead atoms. The Hall–Kier alpha value is -0.740. The predicted molar refractivity (Wildman–Crippen MR) is 70.1 cm³/mol. The summed E-state index contributed by atoms with van der Waals surface area (Å²) < 4.78 is 6.06. The zero-order chi connectivity index (χ0) is 12.2. The smallest absolute Gasteiger partial charge is 0.133 e. The predicted octanol–water partition coefficient (Wildman–Crippen LogP) is 3.03. The first-order valence-electron chi connectivity index (χ1n) is 5.22. The van der Waals surface area contributed by atoms with E-state index in [4.69, 9.17) is 4.74 Å². The number of hydrogen-bond donors (Lipinski definition) is 2. The van der Waals surface area contributed by atoms with E-state index < -0.39 is 5.60 Å². The first-order valence-corrected chi connectivity index (χ1v) is 6.01. The zero-order valence-corrected chi connectivity index (χ0v) is 11.5. The molecule has 0 amide bonds. The molecule has 4 heteroatoms. The number of halogens is 1. The van der Waals surface area contributed by atoms with Gasteiger partial charge in [-0.1, -0.05) is 0 Å². The van der Waals surface area contributed by atoms with Gasteiger partial charge in [0.05, 0.1) is 17.2 Å². The number of methoxy groups -OCH3 is 1. The van der Waals surface area contributed by atoms with Crippen molar-refractivity contribution in [3.05, 3.63) is 22.7 Å². The molecule has 1 aromatic carbocycles. The highest BCUT2D eigenvalue weighted by molar-refractivity contribution is 9.10. The molecule has 1 aromatic rings. The van der Waals surface area contributed by atoms with E-state index in [-0.39, 0.29) is 0 Å². The van der Waals surface area contributed by atoms with Gasteiger partial charge in [0, 0.05) is 12.2 Å². The van der Waals surface area contributed by atoms with Crippen molar-refractivity contribution in [2.24, 2.45) is 0 Å². The summed E-state index contributed by atoms with van der Waals surface area (Å²) in [5.74, 6) is 0.813. The highest BCUT2D eigenvalue weighted by Gasteiger charge is 2.11. The van der Waals surface area contributed by atoms with E-state index in [0.29, 0.717) is 6.42 Å². The maximum absolute atomic E-state index is 9.56. The van der Waals surface area contributed by atoms with Crippen LogP contribution in [-0.2, 0) is 0 Å². The number of aliphatic hydroxyl groups is 1. The number of benzene rings is 1. The molecule has 0 fully saturated rings. The second-order valence-corrected chi connectivity index (χ2v) is 5.19. The Kier molecular flexibility index (Phi) is 4.62. The van der Waals surface area contributed by atoms with Gasteiger partial charge < -0.3 is 15.2 Å². The van der Waals surface area contributed by atoms with Crippen LogP contribution in [0.2, 0.25) is 0 Å². The number of rotatable bonds is 5. The van der Waals surface area contributed by atoms with Crippen molar-refractivity contribution in [1.82, 2.24) is 0 Å². The van der Waals surface area contributed by atoms with Crippen molar-refractivity contribution in [3.63, 3.8) is 0 Å². The molecule has 0 heterocycles. The maximum Gasteiger partial charge on any atom is 0.133 e. The molecule has 0 saturated heterocycles. The monoisotopic (exact) mass is 287 g/mol. The van der Waals surface area contributed by atoms with Gasteiger partial charge in [0.25, 0.3) is 0 Å². The van der Waals surface area contributed by atoms with Gasteiger partial charge in [-0.3, -0.25) is 0 Å². The Balaban J connectivity index is 2.52. The molecule has 0 unspecified atom stereocenters. The van der Waals surface area contributed by atoms with Crippen molar-refractivity contribution in [2.45, 2.75) is 25.9 Å². The van der Waals surface area contributed by atoms with Crippen LogP contribution in [0.5, 0.6) is 5.75 Å². The summed E-state index contributed by atoms with van der Waals surface area (Å²) in [5, 5.41) is 12.8. The van der Waals surface area contributed by atoms with Crippen LogP contribution in [0.1, 0.15) is 20.3 Å². The molecule has 0 spiro atoms. The van der Waals surface area contributed by atoms with E-state index >= 15 is 0 Å². The summed E-state index contributed by atoms with van der Waals surface area (Å²) in [4.78, 5) is 0. The minimum Gasteiger partial charge on any atom is -0.496 e. The van der Waals surface area contributed by atoms with Crippen LogP contribution >= 0.6 is 15.9 Å². The largest absolute Gasteiger partial charge is 0.496 e. The van der Waals surface area contributed by atoms with E-state index in [0.717, 1.165) is 22.5 Å². The summed E-state index contributed by atoms with van der Waals surface area (Å²) in [5.41, 5.74) is 0.383. The van der Waals surface area contributed by atoms with Gasteiger partial charge in [-0.25, -0.2) is 0 Å². The van der Waals surface area contributed by atoms with Crippen molar-refractivity contribution in [3.8, 4) is 5.75 Å². The van der Waals surface area contributed by atoms with Crippen LogP contribution in [0.4, 0.5) is 5.69 Å². The summed E-state index contributed by atoms with van der Waals surface area (Å²) >= 11 is 3.42. The number of anilines is 1. The van der Waals surface area contributed by atoms with Gasteiger partial charge in [0.1, 0.15) is 5.75 Å². The lowest BCUT2D eigenvalue weighted by molar-refractivity contribution is 0.0749. The normalized spacial score (nSPS) is 11.3. The second kappa shape index (κ2) is 5.55. The lowest BCUT2D eigenvalue weighted by Gasteiger charge is -2.17. The lowest BCUT2D eigenvalue weighted by Crippen LogP contribution is -2.22. The number of hydrogen-bond acceptors (Lipinski definition) is 3. The third-order valence-electron chi connectivity index (χ3n) is 2.22. The fourth-order valence-corrected chi connectivity index (χ4v) is 1.83. The topological polar surface area (TPSA) is 41.5 Å². The summed E-state index contributed by atoms with van der Waals surface area (Å²) in [7, 11) is 1.64. The van der Waals surface area contributed by atoms with Gasteiger partial charge in [-0.05, 0) is 54.4 Å². The SMILES string of the molecule is COc1ccc(NCCC(C)(C)O)cc1Br. The van der Waals surface area contributed by atoms with E-state index in [1.807, 2.05) is 18.2 Å². The average molecular weight is 288 g/mol. The van der Waals surface area contributed by atoms with E-state index in [2.05, 4.69) is 21.2 Å². The van der Waals surface area contributed by atoms with Crippen molar-refractivity contribution in [2.75, 3.05) is 19.0 Å². The Morgan fingerprint density at radius 1 is 1.44 bits per heavy atom. The summed E-state index contributed by atoms with van der Waals surface area (Å²) in [6, 6.07) is 5.81. The molecular formula is C12H18BrNO2. The highest BCUT2D eigenvalue weighted by atomic mass is 79.9. The van der Waals surface area contributed by atoms with Gasteiger partial charge in [-0.2, -0.15) is 0 Å². The fraction of sp³-hybridized carbons (Fsp3) is 0.500. The molecule has 0 aliphatic rings. The van der Waals surface area contributed by atoms with Crippen LogP contribution < -0.4 is 10.1 Å². The molecule has 2 N–H and O–H groups in total. The van der Waals surface area contributed by atoms with Gasteiger partial charge >= 0.3 is 0 Å². The van der Waals surface area contributed by atoms with Crippen LogP contribution in [0, 0.1) is 0 Å².